The zero-order valence-corrected chi connectivity index (χ0v) is 15.5. The molecule has 1 aromatic heterocycles. The van der Waals surface area contributed by atoms with Gasteiger partial charge in [0.2, 0.25) is 0 Å². The van der Waals surface area contributed by atoms with Crippen LogP contribution in [0, 0.1) is 0 Å². The Balaban J connectivity index is 1.70. The maximum Gasteiger partial charge on any atom is 0.338 e. The van der Waals surface area contributed by atoms with Gasteiger partial charge >= 0.3 is 5.97 Å². The van der Waals surface area contributed by atoms with Crippen molar-refractivity contribution in [1.29, 1.82) is 0 Å². The quantitative estimate of drug-likeness (QED) is 0.771. The van der Waals surface area contributed by atoms with Crippen LogP contribution in [-0.2, 0) is 14.2 Å². The lowest BCUT2D eigenvalue weighted by Crippen LogP contribution is -2.38. The Morgan fingerprint density at radius 2 is 2.00 bits per heavy atom. The van der Waals surface area contributed by atoms with E-state index in [-0.39, 0.29) is 18.2 Å². The van der Waals surface area contributed by atoms with Crippen LogP contribution in [0.25, 0.3) is 6.08 Å². The Kier molecular flexibility index (Phi) is 6.52. The highest BCUT2D eigenvalue weighted by Crippen LogP contribution is 2.25. The molecule has 0 aliphatic carbocycles. The van der Waals surface area contributed by atoms with Crippen molar-refractivity contribution >= 4 is 18.0 Å². The van der Waals surface area contributed by atoms with Crippen LogP contribution in [0.3, 0.4) is 0 Å². The summed E-state index contributed by atoms with van der Waals surface area (Å²) in [5, 5.41) is 0. The molecule has 0 bridgehead atoms. The molecule has 0 saturated carbocycles. The molecule has 0 spiro atoms. The molecule has 1 fully saturated rings. The number of hydrogen-bond acceptors (Lipinski definition) is 6. The maximum atomic E-state index is 12.3. The van der Waals surface area contributed by atoms with E-state index in [4.69, 9.17) is 19.9 Å². The first-order chi connectivity index (χ1) is 13.6. The predicted molar refractivity (Wildman–Crippen MR) is 102 cm³/mol. The van der Waals surface area contributed by atoms with E-state index in [9.17, 15) is 9.59 Å². The molecule has 3 atom stereocenters. The summed E-state index contributed by atoms with van der Waals surface area (Å²) in [7, 11) is 1.54. The highest BCUT2D eigenvalue weighted by molar-refractivity contribution is 5.96. The molecule has 1 aliphatic heterocycles. The van der Waals surface area contributed by atoms with Gasteiger partial charge in [0.1, 0.15) is 6.10 Å². The summed E-state index contributed by atoms with van der Waals surface area (Å²) in [5.74, 6) is -0.933. The molecule has 2 N–H and O–H groups in total. The molecule has 28 heavy (non-hydrogen) atoms. The van der Waals surface area contributed by atoms with Gasteiger partial charge in [-0.3, -0.25) is 9.78 Å². The van der Waals surface area contributed by atoms with Crippen molar-refractivity contribution in [2.75, 3.05) is 7.11 Å². The van der Waals surface area contributed by atoms with E-state index >= 15 is 0 Å². The second-order valence-electron chi connectivity index (χ2n) is 6.39. The van der Waals surface area contributed by atoms with Gasteiger partial charge in [-0.25, -0.2) is 4.79 Å². The highest BCUT2D eigenvalue weighted by Gasteiger charge is 2.31. The van der Waals surface area contributed by atoms with Crippen molar-refractivity contribution in [3.63, 3.8) is 0 Å². The van der Waals surface area contributed by atoms with Gasteiger partial charge in [0, 0.05) is 32.3 Å². The van der Waals surface area contributed by atoms with Crippen LogP contribution in [0.2, 0.25) is 0 Å². The number of ether oxygens (including phenoxy) is 3. The fourth-order valence-corrected chi connectivity index (χ4v) is 3.01. The summed E-state index contributed by atoms with van der Waals surface area (Å²) < 4.78 is 16.8. The van der Waals surface area contributed by atoms with E-state index in [0.29, 0.717) is 29.5 Å². The van der Waals surface area contributed by atoms with Crippen molar-refractivity contribution < 1.29 is 23.8 Å². The fraction of sp³-hybridized carbons (Fsp3) is 0.286. The number of rotatable bonds is 6. The number of pyridine rings is 1. The number of carbonyl (C=O) groups excluding carboxylic acids is 2. The third kappa shape index (κ3) is 5.03. The molecule has 2 aromatic rings. The standard InChI is InChI=1S/C21H22N2O5/c1-26-19-12-17(28-21(25)15-5-3-2-4-6-15)11-16(27-19)8-7-14-9-10-23-13-18(14)20(22)24/h2-10,13,16-17,19H,11-12H2,1H3,(H2,22,24)/b8-7+/t16-,17-,19-/m0/s1. The summed E-state index contributed by atoms with van der Waals surface area (Å²) in [5.41, 5.74) is 6.84. The highest BCUT2D eigenvalue weighted by atomic mass is 16.7. The minimum absolute atomic E-state index is 0.324. The molecule has 146 valence electrons. The smallest absolute Gasteiger partial charge is 0.338 e. The van der Waals surface area contributed by atoms with Crippen molar-refractivity contribution in [2.45, 2.75) is 31.3 Å². The van der Waals surface area contributed by atoms with Gasteiger partial charge < -0.3 is 19.9 Å². The lowest BCUT2D eigenvalue weighted by molar-refractivity contribution is -0.191. The molecule has 1 aliphatic rings. The molecule has 0 unspecified atom stereocenters. The molecule has 3 rings (SSSR count). The molecule has 1 saturated heterocycles. The summed E-state index contributed by atoms with van der Waals surface area (Å²) in [6.45, 7) is 0. The first-order valence-corrected chi connectivity index (χ1v) is 8.93. The number of aromatic nitrogens is 1. The number of hydrogen-bond donors (Lipinski definition) is 1. The summed E-state index contributed by atoms with van der Waals surface area (Å²) in [4.78, 5) is 27.8. The molecule has 7 nitrogen and oxygen atoms in total. The maximum absolute atomic E-state index is 12.3. The van der Waals surface area contributed by atoms with E-state index < -0.39 is 12.2 Å². The number of methoxy groups -OCH3 is 1. The van der Waals surface area contributed by atoms with Gasteiger partial charge in [0.05, 0.1) is 17.2 Å². The van der Waals surface area contributed by atoms with Crippen LogP contribution in [0.4, 0.5) is 0 Å². The van der Waals surface area contributed by atoms with Crippen LogP contribution in [0.5, 0.6) is 0 Å². The molecular weight excluding hydrogens is 360 g/mol. The van der Waals surface area contributed by atoms with Crippen LogP contribution >= 0.6 is 0 Å². The Hall–Kier alpha value is -3.03. The van der Waals surface area contributed by atoms with Gasteiger partial charge in [-0.05, 0) is 23.8 Å². The zero-order valence-electron chi connectivity index (χ0n) is 15.5. The van der Waals surface area contributed by atoms with Gasteiger partial charge in [-0.15, -0.1) is 0 Å². The molecule has 2 heterocycles. The normalized spacial score (nSPS) is 22.1. The number of carbonyl (C=O) groups is 2. The third-order valence-electron chi connectivity index (χ3n) is 4.43. The molecule has 1 aromatic carbocycles. The fourth-order valence-electron chi connectivity index (χ4n) is 3.01. The van der Waals surface area contributed by atoms with Crippen molar-refractivity contribution in [3.05, 3.63) is 71.6 Å². The van der Waals surface area contributed by atoms with Crippen LogP contribution in [-0.4, -0.2) is 42.5 Å². The zero-order chi connectivity index (χ0) is 19.9. The average molecular weight is 382 g/mol. The van der Waals surface area contributed by atoms with E-state index in [0.717, 1.165) is 0 Å². The second-order valence-corrected chi connectivity index (χ2v) is 6.39. The average Bonchev–Trinajstić information content (AvgIpc) is 2.72. The van der Waals surface area contributed by atoms with Crippen molar-refractivity contribution in [1.82, 2.24) is 4.98 Å². The van der Waals surface area contributed by atoms with Crippen LogP contribution in [0.1, 0.15) is 39.1 Å². The number of benzene rings is 1. The molecule has 0 radical (unpaired) electrons. The number of primary amides is 1. The van der Waals surface area contributed by atoms with Crippen molar-refractivity contribution in [2.24, 2.45) is 5.73 Å². The lowest BCUT2D eigenvalue weighted by Gasteiger charge is -2.33. The van der Waals surface area contributed by atoms with Crippen LogP contribution < -0.4 is 5.73 Å². The largest absolute Gasteiger partial charge is 0.458 e. The minimum atomic E-state index is -0.554. The third-order valence-corrected chi connectivity index (χ3v) is 4.43. The van der Waals surface area contributed by atoms with E-state index in [1.54, 1.807) is 55.8 Å². The number of nitrogens with zero attached hydrogens (tertiary/aromatic N) is 1. The second kappa shape index (κ2) is 9.25. The number of nitrogens with two attached hydrogens (primary N) is 1. The number of amides is 1. The Bertz CT molecular complexity index is 853. The van der Waals surface area contributed by atoms with Crippen molar-refractivity contribution in [3.8, 4) is 0 Å². The van der Waals surface area contributed by atoms with Crippen LogP contribution in [0.15, 0.2) is 54.9 Å². The van der Waals surface area contributed by atoms with E-state index in [1.807, 2.05) is 6.07 Å². The first kappa shape index (κ1) is 19.7. The molecular formula is C21H22N2O5. The predicted octanol–water partition coefficient (Wildman–Crippen LogP) is 2.57. The number of esters is 1. The van der Waals surface area contributed by atoms with E-state index in [1.165, 1.54) is 6.20 Å². The SMILES string of the molecule is CO[C@@H]1C[C@@H](OC(=O)c2ccccc2)C[C@H](/C=C/c2ccncc2C(N)=O)O1. The summed E-state index contributed by atoms with van der Waals surface area (Å²) in [6, 6.07) is 10.5. The van der Waals surface area contributed by atoms with Gasteiger partial charge in [-0.1, -0.05) is 30.4 Å². The van der Waals surface area contributed by atoms with E-state index in [2.05, 4.69) is 4.98 Å². The summed E-state index contributed by atoms with van der Waals surface area (Å²) in [6.07, 6.45) is 6.28. The molecule has 1 amide bonds. The minimum Gasteiger partial charge on any atom is -0.458 e. The Labute approximate surface area is 163 Å². The topological polar surface area (TPSA) is 101 Å². The molecule has 7 heteroatoms. The Morgan fingerprint density at radius 3 is 2.71 bits per heavy atom. The summed E-state index contributed by atoms with van der Waals surface area (Å²) >= 11 is 0. The van der Waals surface area contributed by atoms with Gasteiger partial charge in [-0.2, -0.15) is 0 Å². The lowest BCUT2D eigenvalue weighted by atomic mass is 10.0. The first-order valence-electron chi connectivity index (χ1n) is 8.93. The van der Waals surface area contributed by atoms with Gasteiger partial charge in [0.15, 0.2) is 6.29 Å². The Morgan fingerprint density at radius 1 is 1.21 bits per heavy atom. The monoisotopic (exact) mass is 382 g/mol. The van der Waals surface area contributed by atoms with Gasteiger partial charge in [0.25, 0.3) is 5.91 Å².